The average molecular weight is 260 g/mol. The number of ether oxygens (including phenoxy) is 2. The maximum atomic E-state index is 11.1. The molecule has 0 unspecified atom stereocenters. The molecule has 0 amide bonds. The molecule has 1 aromatic rings. The van der Waals surface area contributed by atoms with Crippen LogP contribution in [-0.2, 0) is 22.5 Å². The minimum Gasteiger partial charge on any atom is -0.494 e. The van der Waals surface area contributed by atoms with Crippen molar-refractivity contribution < 1.29 is 14.3 Å². The molecule has 0 spiro atoms. The highest BCUT2D eigenvalue weighted by Crippen LogP contribution is 2.20. The Balaban J connectivity index is 0.00000256. The van der Waals surface area contributed by atoms with Crippen LogP contribution in [0.5, 0.6) is 5.75 Å². The Bertz CT molecular complexity index is 369. The molecule has 0 saturated heterocycles. The van der Waals surface area contributed by atoms with Gasteiger partial charge < -0.3 is 15.2 Å². The number of esters is 1. The van der Waals surface area contributed by atoms with Gasteiger partial charge in [-0.3, -0.25) is 4.79 Å². The maximum Gasteiger partial charge on any atom is 0.309 e. The van der Waals surface area contributed by atoms with Gasteiger partial charge >= 0.3 is 5.97 Å². The molecular weight excluding hydrogens is 242 g/mol. The van der Waals surface area contributed by atoms with Crippen molar-refractivity contribution in [1.29, 1.82) is 0 Å². The van der Waals surface area contributed by atoms with Crippen molar-refractivity contribution in [3.8, 4) is 5.75 Å². The summed E-state index contributed by atoms with van der Waals surface area (Å²) < 4.78 is 10.0. The van der Waals surface area contributed by atoms with E-state index in [1.165, 1.54) is 7.11 Å². The van der Waals surface area contributed by atoms with Gasteiger partial charge in [-0.25, -0.2) is 0 Å². The molecule has 5 heteroatoms. The summed E-state index contributed by atoms with van der Waals surface area (Å²) in [6.07, 6.45) is 0.260. The van der Waals surface area contributed by atoms with Crippen LogP contribution >= 0.6 is 12.4 Å². The van der Waals surface area contributed by atoms with Crippen LogP contribution in [-0.4, -0.2) is 19.7 Å². The van der Waals surface area contributed by atoms with E-state index in [1.807, 2.05) is 25.1 Å². The van der Waals surface area contributed by atoms with E-state index in [1.54, 1.807) is 0 Å². The standard InChI is InChI=1S/C12H17NO3.ClH/c1-3-16-11-5-4-9(6-10(11)8-13)7-12(14)15-2;/h4-6H,3,7-8,13H2,1-2H3;1H. The summed E-state index contributed by atoms with van der Waals surface area (Å²) in [5.74, 6) is 0.519. The summed E-state index contributed by atoms with van der Waals surface area (Å²) in [6.45, 7) is 2.91. The predicted octanol–water partition coefficient (Wildman–Crippen LogP) is 1.68. The van der Waals surface area contributed by atoms with E-state index in [9.17, 15) is 4.79 Å². The van der Waals surface area contributed by atoms with E-state index < -0.39 is 0 Å². The fraction of sp³-hybridized carbons (Fsp3) is 0.417. The first-order chi connectivity index (χ1) is 7.71. The number of benzene rings is 1. The van der Waals surface area contributed by atoms with E-state index in [0.29, 0.717) is 13.2 Å². The van der Waals surface area contributed by atoms with Crippen LogP contribution in [0.2, 0.25) is 0 Å². The SMILES string of the molecule is CCOc1ccc(CC(=O)OC)cc1CN.Cl. The summed E-state index contributed by atoms with van der Waals surface area (Å²) in [5.41, 5.74) is 7.41. The molecule has 0 aliphatic carbocycles. The van der Waals surface area contributed by atoms with E-state index >= 15 is 0 Å². The molecule has 0 bridgehead atoms. The number of halogens is 1. The lowest BCUT2D eigenvalue weighted by Gasteiger charge is -2.10. The normalized spacial score (nSPS) is 9.35. The molecular formula is C12H18ClNO3. The summed E-state index contributed by atoms with van der Waals surface area (Å²) in [5, 5.41) is 0. The maximum absolute atomic E-state index is 11.1. The van der Waals surface area contributed by atoms with Gasteiger partial charge in [0.05, 0.1) is 20.1 Å². The van der Waals surface area contributed by atoms with Crippen molar-refractivity contribution >= 4 is 18.4 Å². The van der Waals surface area contributed by atoms with Crippen LogP contribution in [0.1, 0.15) is 18.1 Å². The van der Waals surface area contributed by atoms with Crippen LogP contribution < -0.4 is 10.5 Å². The molecule has 1 aromatic carbocycles. The topological polar surface area (TPSA) is 61.5 Å². The number of nitrogens with two attached hydrogens (primary N) is 1. The largest absolute Gasteiger partial charge is 0.494 e. The van der Waals surface area contributed by atoms with Gasteiger partial charge in [0.2, 0.25) is 0 Å². The lowest BCUT2D eigenvalue weighted by Crippen LogP contribution is -2.07. The second kappa shape index (κ2) is 7.92. The zero-order valence-corrected chi connectivity index (χ0v) is 10.9. The quantitative estimate of drug-likeness (QED) is 0.818. The van der Waals surface area contributed by atoms with Gasteiger partial charge in [0.25, 0.3) is 0 Å². The third kappa shape index (κ3) is 4.63. The molecule has 0 saturated carbocycles. The summed E-state index contributed by atoms with van der Waals surface area (Å²) in [7, 11) is 1.38. The number of rotatable bonds is 5. The highest BCUT2D eigenvalue weighted by atomic mass is 35.5. The number of carbonyl (C=O) groups excluding carboxylic acids is 1. The third-order valence-corrected chi connectivity index (χ3v) is 2.22. The lowest BCUT2D eigenvalue weighted by molar-refractivity contribution is -0.139. The van der Waals surface area contributed by atoms with Crippen molar-refractivity contribution in [3.05, 3.63) is 29.3 Å². The Morgan fingerprint density at radius 3 is 2.65 bits per heavy atom. The van der Waals surface area contributed by atoms with Crippen LogP contribution in [0, 0.1) is 0 Å². The molecule has 0 aromatic heterocycles. The Morgan fingerprint density at radius 2 is 2.12 bits per heavy atom. The van der Waals surface area contributed by atoms with Gasteiger partial charge in [0.1, 0.15) is 5.75 Å². The third-order valence-electron chi connectivity index (χ3n) is 2.22. The Labute approximate surface area is 108 Å². The molecule has 17 heavy (non-hydrogen) atoms. The second-order valence-corrected chi connectivity index (χ2v) is 3.33. The monoisotopic (exact) mass is 259 g/mol. The van der Waals surface area contributed by atoms with Crippen molar-refractivity contribution in [2.24, 2.45) is 5.73 Å². The molecule has 96 valence electrons. The number of carbonyl (C=O) groups is 1. The minimum absolute atomic E-state index is 0. The number of methoxy groups -OCH3 is 1. The van der Waals surface area contributed by atoms with E-state index in [-0.39, 0.29) is 24.8 Å². The van der Waals surface area contributed by atoms with Gasteiger partial charge in [-0.2, -0.15) is 0 Å². The second-order valence-electron chi connectivity index (χ2n) is 3.33. The average Bonchev–Trinajstić information content (AvgIpc) is 2.31. The molecule has 4 nitrogen and oxygen atoms in total. The van der Waals surface area contributed by atoms with Crippen LogP contribution in [0.25, 0.3) is 0 Å². The number of hydrogen-bond acceptors (Lipinski definition) is 4. The minimum atomic E-state index is -0.257. The molecule has 0 fully saturated rings. The highest BCUT2D eigenvalue weighted by molar-refractivity contribution is 5.85. The first-order valence-electron chi connectivity index (χ1n) is 5.22. The molecule has 0 atom stereocenters. The zero-order valence-electron chi connectivity index (χ0n) is 10.1. The van der Waals surface area contributed by atoms with Crippen LogP contribution in [0.15, 0.2) is 18.2 Å². The van der Waals surface area contributed by atoms with Crippen molar-refractivity contribution in [2.75, 3.05) is 13.7 Å². The van der Waals surface area contributed by atoms with Crippen molar-refractivity contribution in [3.63, 3.8) is 0 Å². The molecule has 0 radical (unpaired) electrons. The van der Waals surface area contributed by atoms with Crippen LogP contribution in [0.3, 0.4) is 0 Å². The van der Waals surface area contributed by atoms with Crippen LogP contribution in [0.4, 0.5) is 0 Å². The van der Waals surface area contributed by atoms with Gasteiger partial charge in [-0.1, -0.05) is 12.1 Å². The zero-order chi connectivity index (χ0) is 12.0. The molecule has 0 aliphatic heterocycles. The molecule has 0 heterocycles. The predicted molar refractivity (Wildman–Crippen MR) is 68.5 cm³/mol. The first kappa shape index (κ1) is 15.7. The van der Waals surface area contributed by atoms with E-state index in [0.717, 1.165) is 16.9 Å². The summed E-state index contributed by atoms with van der Waals surface area (Å²) >= 11 is 0. The van der Waals surface area contributed by atoms with Crippen molar-refractivity contribution in [2.45, 2.75) is 19.9 Å². The van der Waals surface area contributed by atoms with Gasteiger partial charge in [0.15, 0.2) is 0 Å². The smallest absolute Gasteiger partial charge is 0.309 e. The lowest BCUT2D eigenvalue weighted by atomic mass is 10.1. The molecule has 2 N–H and O–H groups in total. The fourth-order valence-corrected chi connectivity index (χ4v) is 1.44. The number of hydrogen-bond donors (Lipinski definition) is 1. The van der Waals surface area contributed by atoms with Crippen molar-refractivity contribution in [1.82, 2.24) is 0 Å². The summed E-state index contributed by atoms with van der Waals surface area (Å²) in [6, 6.07) is 5.56. The molecule has 0 aliphatic rings. The van der Waals surface area contributed by atoms with E-state index in [2.05, 4.69) is 4.74 Å². The highest BCUT2D eigenvalue weighted by Gasteiger charge is 2.07. The van der Waals surface area contributed by atoms with Gasteiger partial charge in [-0.05, 0) is 18.6 Å². The summed E-state index contributed by atoms with van der Waals surface area (Å²) in [4.78, 5) is 11.1. The Hall–Kier alpha value is -1.26. The first-order valence-corrected chi connectivity index (χ1v) is 5.22. The Kier molecular flexibility index (Phi) is 7.34. The molecule has 1 rings (SSSR count). The van der Waals surface area contributed by atoms with Gasteiger partial charge in [-0.15, -0.1) is 12.4 Å². The van der Waals surface area contributed by atoms with Gasteiger partial charge in [0, 0.05) is 12.1 Å². The fourth-order valence-electron chi connectivity index (χ4n) is 1.44. The van der Waals surface area contributed by atoms with E-state index in [4.69, 9.17) is 10.5 Å². The Morgan fingerprint density at radius 1 is 1.41 bits per heavy atom.